The Labute approximate surface area is 117 Å². The van der Waals surface area contributed by atoms with Crippen molar-refractivity contribution in [3.05, 3.63) is 41.2 Å². The van der Waals surface area contributed by atoms with Crippen LogP contribution in [0.3, 0.4) is 0 Å². The molecule has 1 aliphatic heterocycles. The van der Waals surface area contributed by atoms with Crippen LogP contribution in [0.25, 0.3) is 5.32 Å². The van der Waals surface area contributed by atoms with Gasteiger partial charge in [-0.25, -0.2) is 0 Å². The van der Waals surface area contributed by atoms with Gasteiger partial charge in [0.25, 0.3) is 0 Å². The predicted octanol–water partition coefficient (Wildman–Crippen LogP) is 2.66. The Hall–Kier alpha value is -0.900. The fraction of sp³-hybridized carbons (Fsp3) is 0.625. The Kier molecular flexibility index (Phi) is 5.37. The smallest absolute Gasteiger partial charge is 0.0193 e. The van der Waals surface area contributed by atoms with Gasteiger partial charge in [0.1, 0.15) is 0 Å². The van der Waals surface area contributed by atoms with Gasteiger partial charge in [0, 0.05) is 32.2 Å². The first-order valence-electron chi connectivity index (χ1n) is 7.31. The average Bonchev–Trinajstić information content (AvgIpc) is 2.43. The van der Waals surface area contributed by atoms with Gasteiger partial charge in [0.15, 0.2) is 0 Å². The lowest BCUT2D eigenvalue weighted by molar-refractivity contribution is 0.147. The number of rotatable bonds is 5. The summed E-state index contributed by atoms with van der Waals surface area (Å²) in [5, 5.41) is 8.05. The van der Waals surface area contributed by atoms with Crippen molar-refractivity contribution in [1.29, 1.82) is 0 Å². The van der Waals surface area contributed by atoms with Crippen LogP contribution in [0.4, 0.5) is 0 Å². The van der Waals surface area contributed by atoms with Crippen LogP contribution in [-0.2, 0) is 0 Å². The number of piperazine rings is 1. The van der Waals surface area contributed by atoms with E-state index in [0.29, 0.717) is 18.0 Å². The maximum Gasteiger partial charge on any atom is 0.0193 e. The highest BCUT2D eigenvalue weighted by atomic mass is 15.2. The highest BCUT2D eigenvalue weighted by Crippen LogP contribution is 2.29. The van der Waals surface area contributed by atoms with Crippen molar-refractivity contribution < 1.29 is 0 Å². The Morgan fingerprint density at radius 1 is 1.37 bits per heavy atom. The quantitative estimate of drug-likeness (QED) is 0.882. The van der Waals surface area contributed by atoms with Gasteiger partial charge in [-0.3, -0.25) is 4.90 Å². The normalized spacial score (nSPS) is 24.1. The van der Waals surface area contributed by atoms with Crippen molar-refractivity contribution in [3.63, 3.8) is 0 Å². The first-order valence-corrected chi connectivity index (χ1v) is 7.31. The molecule has 1 heterocycles. The molecule has 0 saturated carbocycles. The molecule has 0 unspecified atom stereocenters. The Morgan fingerprint density at radius 2 is 2.11 bits per heavy atom. The summed E-state index contributed by atoms with van der Waals surface area (Å²) in [5.74, 6) is 0.549. The van der Waals surface area contributed by atoms with Gasteiger partial charge >= 0.3 is 0 Å². The fourth-order valence-corrected chi connectivity index (χ4v) is 3.01. The summed E-state index contributed by atoms with van der Waals surface area (Å²) < 4.78 is 0. The maximum absolute atomic E-state index is 4.61. The number of hydrogen-bond acceptors (Lipinski definition) is 2. The lowest BCUT2D eigenvalue weighted by atomic mass is 9.93. The molecule has 0 aliphatic carbocycles. The molecule has 1 saturated heterocycles. The van der Waals surface area contributed by atoms with E-state index in [1.807, 2.05) is 7.05 Å². The highest BCUT2D eigenvalue weighted by Gasteiger charge is 2.21. The minimum atomic E-state index is 0.309. The van der Waals surface area contributed by atoms with E-state index in [1.54, 1.807) is 0 Å². The Bertz CT molecular complexity index is 366. The van der Waals surface area contributed by atoms with E-state index in [4.69, 9.17) is 0 Å². The molecule has 1 N–H and O–H groups in total. The standard InChI is InChI=1S/C16H26N3/c1-13(12-19-10-9-18-11-14(19)2)16(17-3)15-7-5-4-6-8-15/h4-8,13-14,16,18H,9-12H2,1-3H3/q-1/t13-,14+,16+/m0/s1. The molecule has 1 fully saturated rings. The molecule has 19 heavy (non-hydrogen) atoms. The van der Waals surface area contributed by atoms with Gasteiger partial charge in [-0.2, -0.15) is 7.05 Å². The van der Waals surface area contributed by atoms with Crippen molar-refractivity contribution in [2.75, 3.05) is 33.2 Å². The molecule has 3 nitrogen and oxygen atoms in total. The van der Waals surface area contributed by atoms with E-state index in [-0.39, 0.29) is 0 Å². The largest absolute Gasteiger partial charge is 0.658 e. The van der Waals surface area contributed by atoms with Crippen molar-refractivity contribution >= 4 is 0 Å². The van der Waals surface area contributed by atoms with Gasteiger partial charge in [0.05, 0.1) is 0 Å². The second-order valence-corrected chi connectivity index (χ2v) is 5.64. The fourth-order valence-electron chi connectivity index (χ4n) is 3.01. The van der Waals surface area contributed by atoms with E-state index in [0.717, 1.165) is 26.2 Å². The summed E-state index contributed by atoms with van der Waals surface area (Å²) in [4.78, 5) is 2.59. The van der Waals surface area contributed by atoms with Gasteiger partial charge < -0.3 is 10.6 Å². The lowest BCUT2D eigenvalue weighted by Gasteiger charge is -2.41. The summed E-state index contributed by atoms with van der Waals surface area (Å²) in [6.07, 6.45) is 0. The number of nitrogens with zero attached hydrogens (tertiary/aromatic N) is 2. The van der Waals surface area contributed by atoms with Crippen LogP contribution in [0.5, 0.6) is 0 Å². The third-order valence-corrected chi connectivity index (χ3v) is 4.12. The second kappa shape index (κ2) is 7.04. The zero-order valence-corrected chi connectivity index (χ0v) is 12.3. The molecular formula is C16H26N3-. The van der Waals surface area contributed by atoms with Gasteiger partial charge in [-0.05, 0) is 12.8 Å². The molecule has 1 aromatic rings. The summed E-state index contributed by atoms with van der Waals surface area (Å²) in [6.45, 7) is 9.11. The minimum absolute atomic E-state index is 0.309. The molecule has 0 aromatic heterocycles. The summed E-state index contributed by atoms with van der Waals surface area (Å²) in [7, 11) is 1.94. The van der Waals surface area contributed by atoms with Crippen LogP contribution < -0.4 is 5.32 Å². The van der Waals surface area contributed by atoms with E-state index < -0.39 is 0 Å². The van der Waals surface area contributed by atoms with Crippen LogP contribution in [0.15, 0.2) is 30.3 Å². The topological polar surface area (TPSA) is 29.4 Å². The molecular weight excluding hydrogens is 234 g/mol. The molecule has 0 radical (unpaired) electrons. The zero-order valence-electron chi connectivity index (χ0n) is 12.3. The molecule has 2 rings (SSSR count). The van der Waals surface area contributed by atoms with Crippen molar-refractivity contribution in [2.45, 2.75) is 25.9 Å². The monoisotopic (exact) mass is 260 g/mol. The summed E-state index contributed by atoms with van der Waals surface area (Å²) in [5.41, 5.74) is 1.33. The Balaban J connectivity index is 1.98. The zero-order chi connectivity index (χ0) is 13.7. The molecule has 0 bridgehead atoms. The van der Waals surface area contributed by atoms with Crippen molar-refractivity contribution in [1.82, 2.24) is 10.2 Å². The van der Waals surface area contributed by atoms with Crippen molar-refractivity contribution in [2.24, 2.45) is 5.92 Å². The first kappa shape index (κ1) is 14.5. The molecule has 0 amide bonds. The molecule has 3 atom stereocenters. The molecule has 1 aromatic carbocycles. The lowest BCUT2D eigenvalue weighted by Crippen LogP contribution is -2.51. The van der Waals surface area contributed by atoms with Gasteiger partial charge in [-0.1, -0.05) is 42.8 Å². The van der Waals surface area contributed by atoms with E-state index in [1.165, 1.54) is 5.56 Å². The summed E-state index contributed by atoms with van der Waals surface area (Å²) in [6, 6.07) is 11.6. The van der Waals surface area contributed by atoms with E-state index in [9.17, 15) is 0 Å². The first-order chi connectivity index (χ1) is 9.22. The minimum Gasteiger partial charge on any atom is -0.658 e. The summed E-state index contributed by atoms with van der Waals surface area (Å²) >= 11 is 0. The second-order valence-electron chi connectivity index (χ2n) is 5.64. The maximum atomic E-state index is 4.61. The Morgan fingerprint density at radius 3 is 2.74 bits per heavy atom. The van der Waals surface area contributed by atoms with E-state index in [2.05, 4.69) is 59.7 Å². The SMILES string of the molecule is C[N-][C@@H](c1ccccc1)[C@@H](C)CN1CCNC[C@H]1C. The third kappa shape index (κ3) is 3.78. The van der Waals surface area contributed by atoms with Gasteiger partial charge in [0.2, 0.25) is 0 Å². The third-order valence-electron chi connectivity index (χ3n) is 4.12. The van der Waals surface area contributed by atoms with Crippen LogP contribution in [0.2, 0.25) is 0 Å². The van der Waals surface area contributed by atoms with Gasteiger partial charge in [-0.15, -0.1) is 6.04 Å². The van der Waals surface area contributed by atoms with Crippen LogP contribution >= 0.6 is 0 Å². The van der Waals surface area contributed by atoms with Crippen LogP contribution in [-0.4, -0.2) is 44.2 Å². The molecule has 106 valence electrons. The van der Waals surface area contributed by atoms with Crippen molar-refractivity contribution in [3.8, 4) is 0 Å². The molecule has 3 heteroatoms. The predicted molar refractivity (Wildman–Crippen MR) is 81.5 cm³/mol. The average molecular weight is 260 g/mol. The number of hydrogen-bond donors (Lipinski definition) is 1. The number of benzene rings is 1. The number of nitrogens with one attached hydrogen (secondary N) is 1. The van der Waals surface area contributed by atoms with E-state index >= 15 is 0 Å². The van der Waals surface area contributed by atoms with Crippen LogP contribution in [0.1, 0.15) is 25.5 Å². The van der Waals surface area contributed by atoms with Crippen LogP contribution in [0, 0.1) is 5.92 Å². The molecule has 1 aliphatic rings. The molecule has 0 spiro atoms. The highest BCUT2D eigenvalue weighted by molar-refractivity contribution is 5.23.